The maximum atomic E-state index is 11.8. The molecule has 2 aromatic rings. The molecule has 0 aliphatic heterocycles. The topological polar surface area (TPSA) is 76.5 Å². The van der Waals surface area contributed by atoms with Crippen LogP contribution >= 0.6 is 11.3 Å². The molecule has 0 saturated heterocycles. The number of ether oxygens (including phenoxy) is 1. The number of esters is 1. The van der Waals surface area contributed by atoms with Crippen molar-refractivity contribution in [1.82, 2.24) is 4.98 Å². The van der Waals surface area contributed by atoms with Gasteiger partial charge in [0, 0.05) is 0 Å². The average molecular weight is 263 g/mol. The van der Waals surface area contributed by atoms with Crippen LogP contribution in [-0.4, -0.2) is 22.0 Å². The maximum Gasteiger partial charge on any atom is 0.364 e. The number of hydrogen-bond donors (Lipinski definition) is 1. The highest BCUT2D eigenvalue weighted by Crippen LogP contribution is 2.20. The molecule has 1 N–H and O–H groups in total. The Hall–Kier alpha value is -2.21. The zero-order valence-electron chi connectivity index (χ0n) is 9.41. The van der Waals surface area contributed by atoms with Crippen molar-refractivity contribution in [1.29, 1.82) is 0 Å². The van der Waals surface area contributed by atoms with Gasteiger partial charge in [0.15, 0.2) is 5.69 Å². The first-order valence-corrected chi connectivity index (χ1v) is 5.92. The number of carboxylic acid groups (broad SMARTS) is 1. The molecule has 1 aromatic heterocycles. The van der Waals surface area contributed by atoms with Gasteiger partial charge in [0.05, 0.1) is 5.51 Å². The largest absolute Gasteiger partial charge is 0.477 e. The van der Waals surface area contributed by atoms with Crippen molar-refractivity contribution in [3.8, 4) is 5.75 Å². The lowest BCUT2D eigenvalue weighted by molar-refractivity contribution is 0.0669. The van der Waals surface area contributed by atoms with Crippen LogP contribution in [0.5, 0.6) is 5.75 Å². The summed E-state index contributed by atoms with van der Waals surface area (Å²) < 4.78 is 5.12. The van der Waals surface area contributed by atoms with Crippen molar-refractivity contribution in [2.24, 2.45) is 0 Å². The molecule has 0 bridgehead atoms. The van der Waals surface area contributed by atoms with Crippen molar-refractivity contribution in [3.63, 3.8) is 0 Å². The minimum absolute atomic E-state index is 0.117. The van der Waals surface area contributed by atoms with Crippen LogP contribution in [-0.2, 0) is 0 Å². The van der Waals surface area contributed by atoms with E-state index in [1.807, 2.05) is 6.07 Å². The molecular formula is C12H9NO4S. The van der Waals surface area contributed by atoms with E-state index in [1.54, 1.807) is 25.1 Å². The number of aryl methyl sites for hydroxylation is 1. The molecule has 0 radical (unpaired) electrons. The third-order valence-corrected chi connectivity index (χ3v) is 3.07. The SMILES string of the molecule is Cc1ccccc1OC(=O)c1ncsc1C(=O)O. The Bertz CT molecular complexity index is 606. The van der Waals surface area contributed by atoms with Crippen LogP contribution in [0.2, 0.25) is 0 Å². The molecule has 18 heavy (non-hydrogen) atoms. The molecular weight excluding hydrogens is 254 g/mol. The molecule has 0 atom stereocenters. The molecule has 0 aliphatic carbocycles. The van der Waals surface area contributed by atoms with Gasteiger partial charge in [0.2, 0.25) is 0 Å². The smallest absolute Gasteiger partial charge is 0.364 e. The first-order valence-electron chi connectivity index (χ1n) is 5.04. The summed E-state index contributed by atoms with van der Waals surface area (Å²) in [6.07, 6.45) is 0. The molecule has 0 fully saturated rings. The summed E-state index contributed by atoms with van der Waals surface area (Å²) in [4.78, 5) is 26.3. The van der Waals surface area contributed by atoms with Crippen molar-refractivity contribution >= 4 is 23.3 Å². The van der Waals surface area contributed by atoms with Crippen molar-refractivity contribution in [3.05, 3.63) is 45.9 Å². The number of nitrogens with zero attached hydrogens (tertiary/aromatic N) is 1. The van der Waals surface area contributed by atoms with Crippen molar-refractivity contribution < 1.29 is 19.4 Å². The lowest BCUT2D eigenvalue weighted by atomic mass is 10.2. The van der Waals surface area contributed by atoms with E-state index in [2.05, 4.69) is 4.98 Å². The molecule has 0 amide bonds. The molecule has 92 valence electrons. The minimum Gasteiger partial charge on any atom is -0.477 e. The van der Waals surface area contributed by atoms with E-state index in [1.165, 1.54) is 5.51 Å². The fraction of sp³-hybridized carbons (Fsp3) is 0.0833. The standard InChI is InChI=1S/C12H9NO4S/c1-7-4-2-3-5-8(7)17-12(16)9-10(11(14)15)18-6-13-9/h2-6H,1H3,(H,14,15). The number of carboxylic acids is 1. The highest BCUT2D eigenvalue weighted by atomic mass is 32.1. The molecule has 6 heteroatoms. The Balaban J connectivity index is 2.25. The van der Waals surface area contributed by atoms with Gasteiger partial charge in [-0.2, -0.15) is 0 Å². The van der Waals surface area contributed by atoms with E-state index in [0.29, 0.717) is 5.75 Å². The third kappa shape index (κ3) is 2.38. The zero-order chi connectivity index (χ0) is 13.1. The molecule has 1 heterocycles. The maximum absolute atomic E-state index is 11.8. The van der Waals surface area contributed by atoms with Crippen LogP contribution in [0.4, 0.5) is 0 Å². The molecule has 1 aromatic carbocycles. The number of thiazole rings is 1. The van der Waals surface area contributed by atoms with E-state index in [4.69, 9.17) is 9.84 Å². The summed E-state index contributed by atoms with van der Waals surface area (Å²) in [6, 6.07) is 6.98. The molecule has 0 saturated carbocycles. The number of para-hydroxylation sites is 1. The number of aromatic nitrogens is 1. The van der Waals surface area contributed by atoms with Gasteiger partial charge in [-0.3, -0.25) is 0 Å². The van der Waals surface area contributed by atoms with Gasteiger partial charge in [-0.15, -0.1) is 11.3 Å². The summed E-state index contributed by atoms with van der Waals surface area (Å²) >= 11 is 0.889. The second-order valence-corrected chi connectivity index (χ2v) is 4.35. The number of carbonyl (C=O) groups excluding carboxylic acids is 1. The van der Waals surface area contributed by atoms with Crippen LogP contribution in [0.3, 0.4) is 0 Å². The molecule has 0 unspecified atom stereocenters. The number of hydrogen-bond acceptors (Lipinski definition) is 5. The molecule has 0 spiro atoms. The second kappa shape index (κ2) is 4.97. The Kier molecular flexibility index (Phi) is 3.38. The Morgan fingerprint density at radius 2 is 2.06 bits per heavy atom. The first-order chi connectivity index (χ1) is 8.59. The van der Waals surface area contributed by atoms with Gasteiger partial charge < -0.3 is 9.84 Å². The lowest BCUT2D eigenvalue weighted by Gasteiger charge is -2.05. The number of benzene rings is 1. The summed E-state index contributed by atoms with van der Waals surface area (Å²) in [5, 5.41) is 8.89. The predicted octanol–water partition coefficient (Wildman–Crippen LogP) is 2.37. The number of rotatable bonds is 3. The Morgan fingerprint density at radius 3 is 2.72 bits per heavy atom. The number of aromatic carboxylic acids is 1. The van der Waals surface area contributed by atoms with E-state index in [0.717, 1.165) is 16.9 Å². The molecule has 0 aliphatic rings. The summed E-state index contributed by atoms with van der Waals surface area (Å²) in [5.74, 6) is -1.55. The van der Waals surface area contributed by atoms with Crippen LogP contribution in [0.1, 0.15) is 25.7 Å². The van der Waals surface area contributed by atoms with Gasteiger partial charge in [0.1, 0.15) is 10.6 Å². The Morgan fingerprint density at radius 1 is 1.33 bits per heavy atom. The first kappa shape index (κ1) is 12.3. The quantitative estimate of drug-likeness (QED) is 0.679. The van der Waals surface area contributed by atoms with E-state index >= 15 is 0 Å². The fourth-order valence-corrected chi connectivity index (χ4v) is 1.97. The van der Waals surface area contributed by atoms with Gasteiger partial charge >= 0.3 is 11.9 Å². The second-order valence-electron chi connectivity index (χ2n) is 3.49. The van der Waals surface area contributed by atoms with Crippen molar-refractivity contribution in [2.45, 2.75) is 6.92 Å². The number of carbonyl (C=O) groups is 2. The summed E-state index contributed by atoms with van der Waals surface area (Å²) in [6.45, 7) is 1.79. The van der Waals surface area contributed by atoms with E-state index in [9.17, 15) is 9.59 Å². The highest BCUT2D eigenvalue weighted by molar-refractivity contribution is 7.12. The van der Waals surface area contributed by atoms with Crippen molar-refractivity contribution in [2.75, 3.05) is 0 Å². The normalized spacial score (nSPS) is 10.1. The van der Waals surface area contributed by atoms with Gasteiger partial charge in [-0.1, -0.05) is 18.2 Å². The van der Waals surface area contributed by atoms with Gasteiger partial charge in [-0.25, -0.2) is 14.6 Å². The summed E-state index contributed by atoms with van der Waals surface area (Å²) in [7, 11) is 0. The average Bonchev–Trinajstić information content (AvgIpc) is 2.81. The zero-order valence-corrected chi connectivity index (χ0v) is 10.2. The monoisotopic (exact) mass is 263 g/mol. The van der Waals surface area contributed by atoms with Gasteiger partial charge in [0.25, 0.3) is 0 Å². The van der Waals surface area contributed by atoms with Crippen LogP contribution in [0, 0.1) is 6.92 Å². The molecule has 2 rings (SSSR count). The van der Waals surface area contributed by atoms with E-state index in [-0.39, 0.29) is 10.6 Å². The van der Waals surface area contributed by atoms with Crippen LogP contribution in [0.25, 0.3) is 0 Å². The third-order valence-electron chi connectivity index (χ3n) is 2.25. The van der Waals surface area contributed by atoms with E-state index < -0.39 is 11.9 Å². The van der Waals surface area contributed by atoms with Gasteiger partial charge in [-0.05, 0) is 18.6 Å². The predicted molar refractivity (Wildman–Crippen MR) is 65.2 cm³/mol. The fourth-order valence-electron chi connectivity index (χ4n) is 1.36. The molecule has 5 nitrogen and oxygen atoms in total. The Labute approximate surface area is 107 Å². The minimum atomic E-state index is -1.19. The summed E-state index contributed by atoms with van der Waals surface area (Å²) in [5.41, 5.74) is 1.92. The lowest BCUT2D eigenvalue weighted by Crippen LogP contribution is -2.13. The van der Waals surface area contributed by atoms with Crippen LogP contribution in [0.15, 0.2) is 29.8 Å². The highest BCUT2D eigenvalue weighted by Gasteiger charge is 2.22. The van der Waals surface area contributed by atoms with Crippen LogP contribution < -0.4 is 4.74 Å².